The number of aliphatic hydroxyl groups excluding tert-OH is 1. The van der Waals surface area contributed by atoms with E-state index in [4.69, 9.17) is 0 Å². The highest BCUT2D eigenvalue weighted by Crippen LogP contribution is 2.12. The number of amides is 1. The third-order valence-corrected chi connectivity index (χ3v) is 8.09. The Labute approximate surface area is 253 Å². The molecule has 0 saturated heterocycles. The van der Waals surface area contributed by atoms with E-state index in [1.165, 1.54) is 70.6 Å². The van der Waals surface area contributed by atoms with E-state index in [1.54, 1.807) is 6.08 Å². The molecule has 0 aromatic heterocycles. The molecule has 0 rings (SSSR count). The molecule has 0 aliphatic heterocycles. The summed E-state index contributed by atoms with van der Waals surface area (Å²) in [4.78, 5) is 12.4. The molecule has 0 radical (unpaired) electrons. The summed E-state index contributed by atoms with van der Waals surface area (Å²) in [6, 6.07) is -1.06. The van der Waals surface area contributed by atoms with E-state index in [9.17, 15) is 22.9 Å². The van der Waals surface area contributed by atoms with Crippen molar-refractivity contribution < 1.29 is 22.9 Å². The van der Waals surface area contributed by atoms with Crippen LogP contribution in [0, 0.1) is 0 Å². The Balaban J connectivity index is 4.08. The Hall–Kier alpha value is -1.44. The van der Waals surface area contributed by atoms with Gasteiger partial charge in [-0.25, -0.2) is 0 Å². The quantitative estimate of drug-likeness (QED) is 0.0453. The minimum Gasteiger partial charge on any atom is -0.387 e. The summed E-state index contributed by atoms with van der Waals surface area (Å²) in [6.45, 7) is 4.45. The second-order valence-electron chi connectivity index (χ2n) is 11.4. The zero-order chi connectivity index (χ0) is 30.4. The van der Waals surface area contributed by atoms with Crippen molar-refractivity contribution in [2.24, 2.45) is 0 Å². The molecule has 41 heavy (non-hydrogen) atoms. The van der Waals surface area contributed by atoms with E-state index >= 15 is 0 Å². The number of rotatable bonds is 29. The number of hydrogen-bond donors (Lipinski definition) is 3. The van der Waals surface area contributed by atoms with Crippen LogP contribution in [0.5, 0.6) is 0 Å². The minimum absolute atomic E-state index is 0.279. The van der Waals surface area contributed by atoms with E-state index in [0.717, 1.165) is 57.8 Å². The summed E-state index contributed by atoms with van der Waals surface area (Å²) < 4.78 is 32.2. The van der Waals surface area contributed by atoms with E-state index in [-0.39, 0.29) is 12.3 Å². The standard InChI is InChI=1S/C34H63NO5S/c1-3-5-7-9-11-13-15-16-17-18-20-22-24-26-28-30-34(37)35-32(31-41(38,39)40)33(36)29-27-25-23-21-19-14-12-10-8-6-4-2/h11,13,16-17,27,29,32-33,36H,3-10,12,14-15,18-26,28,30-31H2,1-2H3,(H,35,37)(H,38,39,40)/b13-11-,17-16-,29-27+. The fourth-order valence-electron chi connectivity index (χ4n) is 4.77. The topological polar surface area (TPSA) is 104 Å². The average molecular weight is 598 g/mol. The summed E-state index contributed by atoms with van der Waals surface area (Å²) >= 11 is 0. The van der Waals surface area contributed by atoms with E-state index in [1.807, 2.05) is 6.08 Å². The highest BCUT2D eigenvalue weighted by Gasteiger charge is 2.24. The first kappa shape index (κ1) is 39.6. The average Bonchev–Trinajstić information content (AvgIpc) is 2.92. The lowest BCUT2D eigenvalue weighted by Crippen LogP contribution is -2.46. The van der Waals surface area contributed by atoms with Crippen LogP contribution in [0.4, 0.5) is 0 Å². The Morgan fingerprint density at radius 3 is 1.63 bits per heavy atom. The summed E-state index contributed by atoms with van der Waals surface area (Å²) in [5.41, 5.74) is 0. The van der Waals surface area contributed by atoms with Gasteiger partial charge in [-0.05, 0) is 51.4 Å². The van der Waals surface area contributed by atoms with Crippen molar-refractivity contribution in [2.45, 2.75) is 167 Å². The predicted molar refractivity (Wildman–Crippen MR) is 175 cm³/mol. The van der Waals surface area contributed by atoms with Gasteiger partial charge in [0, 0.05) is 6.42 Å². The molecule has 0 heterocycles. The van der Waals surface area contributed by atoms with Crippen molar-refractivity contribution in [1.82, 2.24) is 5.32 Å². The Bertz CT molecular complexity index is 791. The minimum atomic E-state index is -4.34. The maximum atomic E-state index is 12.4. The highest BCUT2D eigenvalue weighted by atomic mass is 32.2. The molecule has 3 N–H and O–H groups in total. The van der Waals surface area contributed by atoms with Crippen LogP contribution in [0.25, 0.3) is 0 Å². The molecule has 7 heteroatoms. The smallest absolute Gasteiger partial charge is 0.267 e. The molecule has 0 fully saturated rings. The molecule has 2 atom stereocenters. The van der Waals surface area contributed by atoms with Gasteiger partial charge in [-0.2, -0.15) is 8.42 Å². The van der Waals surface area contributed by atoms with E-state index in [0.29, 0.717) is 6.42 Å². The lowest BCUT2D eigenvalue weighted by atomic mass is 10.1. The van der Waals surface area contributed by atoms with Crippen LogP contribution >= 0.6 is 0 Å². The lowest BCUT2D eigenvalue weighted by molar-refractivity contribution is -0.122. The third-order valence-electron chi connectivity index (χ3n) is 7.31. The number of aliphatic hydroxyl groups is 1. The molecule has 240 valence electrons. The van der Waals surface area contributed by atoms with Crippen LogP contribution in [0.15, 0.2) is 36.5 Å². The van der Waals surface area contributed by atoms with Crippen LogP contribution < -0.4 is 5.32 Å². The van der Waals surface area contributed by atoms with Gasteiger partial charge in [0.05, 0.1) is 17.9 Å². The number of allylic oxidation sites excluding steroid dienone is 5. The largest absolute Gasteiger partial charge is 0.387 e. The Morgan fingerprint density at radius 2 is 1.10 bits per heavy atom. The SMILES string of the molecule is CCCCC/C=C\C/C=C\CCCCCCCC(=O)NC(CS(=O)(=O)O)C(O)/C=C/CCCCCCCCCCC. The summed E-state index contributed by atoms with van der Waals surface area (Å²) in [6.07, 6.45) is 35.5. The molecular formula is C34H63NO5S. The molecule has 2 unspecified atom stereocenters. The molecule has 0 saturated carbocycles. The first-order valence-corrected chi connectivity index (χ1v) is 18.3. The maximum Gasteiger partial charge on any atom is 0.267 e. The van der Waals surface area contributed by atoms with Gasteiger partial charge in [-0.3, -0.25) is 9.35 Å². The zero-order valence-corrected chi connectivity index (χ0v) is 27.2. The summed E-state index contributed by atoms with van der Waals surface area (Å²) in [5, 5.41) is 13.1. The van der Waals surface area contributed by atoms with Gasteiger partial charge in [-0.15, -0.1) is 0 Å². The molecule has 0 aliphatic rings. The normalized spacial score (nSPS) is 14.0. The number of carbonyl (C=O) groups is 1. The Kier molecular flexibility index (Phi) is 27.7. The van der Waals surface area contributed by atoms with E-state index in [2.05, 4.69) is 43.5 Å². The number of nitrogens with one attached hydrogen (secondary N) is 1. The molecule has 6 nitrogen and oxygen atoms in total. The molecule has 0 spiro atoms. The highest BCUT2D eigenvalue weighted by molar-refractivity contribution is 7.85. The second-order valence-corrected chi connectivity index (χ2v) is 12.9. The van der Waals surface area contributed by atoms with Gasteiger partial charge < -0.3 is 10.4 Å². The number of unbranched alkanes of at least 4 members (excludes halogenated alkanes) is 17. The van der Waals surface area contributed by atoms with Crippen molar-refractivity contribution in [2.75, 3.05) is 5.75 Å². The van der Waals surface area contributed by atoms with Gasteiger partial charge in [0.1, 0.15) is 0 Å². The molecule has 1 amide bonds. The number of carbonyl (C=O) groups excluding carboxylic acids is 1. The van der Waals surface area contributed by atoms with Gasteiger partial charge in [-0.1, -0.05) is 134 Å². The summed E-state index contributed by atoms with van der Waals surface area (Å²) in [7, 11) is -4.34. The van der Waals surface area contributed by atoms with Crippen molar-refractivity contribution in [3.8, 4) is 0 Å². The van der Waals surface area contributed by atoms with Crippen molar-refractivity contribution >= 4 is 16.0 Å². The van der Waals surface area contributed by atoms with Gasteiger partial charge >= 0.3 is 0 Å². The molecular weight excluding hydrogens is 534 g/mol. The summed E-state index contributed by atoms with van der Waals surface area (Å²) in [5.74, 6) is -1.000. The fraction of sp³-hybridized carbons (Fsp3) is 0.794. The van der Waals surface area contributed by atoms with Gasteiger partial charge in [0.2, 0.25) is 5.91 Å². The van der Waals surface area contributed by atoms with Crippen LogP contribution in [0.1, 0.15) is 155 Å². The molecule has 0 aliphatic carbocycles. The molecule has 0 bridgehead atoms. The lowest BCUT2D eigenvalue weighted by Gasteiger charge is -2.21. The fourth-order valence-corrected chi connectivity index (χ4v) is 5.51. The van der Waals surface area contributed by atoms with Crippen LogP contribution in [-0.2, 0) is 14.9 Å². The second kappa shape index (κ2) is 28.7. The zero-order valence-electron chi connectivity index (χ0n) is 26.4. The third kappa shape index (κ3) is 29.8. The van der Waals surface area contributed by atoms with E-state index < -0.39 is 28.0 Å². The number of hydrogen-bond acceptors (Lipinski definition) is 4. The monoisotopic (exact) mass is 597 g/mol. The van der Waals surface area contributed by atoms with Crippen LogP contribution in [0.3, 0.4) is 0 Å². The Morgan fingerprint density at radius 1 is 0.659 bits per heavy atom. The van der Waals surface area contributed by atoms with Crippen LogP contribution in [-0.4, -0.2) is 41.9 Å². The van der Waals surface area contributed by atoms with Gasteiger partial charge in [0.25, 0.3) is 10.1 Å². The maximum absolute atomic E-state index is 12.4. The first-order chi connectivity index (χ1) is 19.8. The van der Waals surface area contributed by atoms with Gasteiger partial charge in [0.15, 0.2) is 0 Å². The van der Waals surface area contributed by atoms with Crippen molar-refractivity contribution in [3.63, 3.8) is 0 Å². The predicted octanol–water partition coefficient (Wildman–Crippen LogP) is 9.01. The van der Waals surface area contributed by atoms with Crippen molar-refractivity contribution in [3.05, 3.63) is 36.5 Å². The molecule has 0 aromatic carbocycles. The van der Waals surface area contributed by atoms with Crippen molar-refractivity contribution in [1.29, 1.82) is 0 Å². The molecule has 0 aromatic rings. The van der Waals surface area contributed by atoms with Crippen LogP contribution in [0.2, 0.25) is 0 Å². The first-order valence-electron chi connectivity index (χ1n) is 16.7.